The van der Waals surface area contributed by atoms with Gasteiger partial charge in [0.15, 0.2) is 5.82 Å². The number of aromatic amines is 1. The van der Waals surface area contributed by atoms with Gasteiger partial charge in [-0.3, -0.25) is 9.89 Å². The van der Waals surface area contributed by atoms with Crippen LogP contribution in [0.2, 0.25) is 0 Å². The summed E-state index contributed by atoms with van der Waals surface area (Å²) < 4.78 is 4.90. The van der Waals surface area contributed by atoms with Gasteiger partial charge in [-0.15, -0.1) is 5.10 Å². The fourth-order valence-electron chi connectivity index (χ4n) is 1.50. The van der Waals surface area contributed by atoms with Crippen molar-refractivity contribution < 1.29 is 9.32 Å². The van der Waals surface area contributed by atoms with Crippen LogP contribution in [0.5, 0.6) is 0 Å². The van der Waals surface area contributed by atoms with E-state index in [4.69, 9.17) is 4.52 Å². The van der Waals surface area contributed by atoms with Gasteiger partial charge in [-0.2, -0.15) is 0 Å². The molecular formula is C13H19N5O2S. The summed E-state index contributed by atoms with van der Waals surface area (Å²) in [6, 6.07) is 1.67. The number of rotatable bonds is 4. The molecule has 114 valence electrons. The van der Waals surface area contributed by atoms with Gasteiger partial charge in [0.1, 0.15) is 11.6 Å². The van der Waals surface area contributed by atoms with Gasteiger partial charge in [-0.25, -0.2) is 4.98 Å². The number of nitrogens with one attached hydrogen (secondary N) is 2. The molecule has 1 atom stereocenters. The molecule has 0 aromatic carbocycles. The van der Waals surface area contributed by atoms with Crippen molar-refractivity contribution in [2.45, 2.75) is 50.4 Å². The molecule has 2 aromatic heterocycles. The predicted molar refractivity (Wildman–Crippen MR) is 80.3 cm³/mol. The van der Waals surface area contributed by atoms with Crippen molar-refractivity contribution in [3.63, 3.8) is 0 Å². The van der Waals surface area contributed by atoms with E-state index in [0.717, 1.165) is 5.82 Å². The second kappa shape index (κ2) is 5.88. The van der Waals surface area contributed by atoms with E-state index >= 15 is 0 Å². The number of carbonyl (C=O) groups excluding carboxylic acids is 1. The van der Waals surface area contributed by atoms with Crippen molar-refractivity contribution in [3.8, 4) is 0 Å². The largest absolute Gasteiger partial charge is 0.360 e. The number of thioether (sulfide) groups is 1. The Morgan fingerprint density at radius 1 is 1.48 bits per heavy atom. The summed E-state index contributed by atoms with van der Waals surface area (Å²) in [6.07, 6.45) is 0. The maximum atomic E-state index is 12.1. The zero-order chi connectivity index (χ0) is 15.6. The SMILES string of the molecule is Cc1cc(NC(=O)C(C)Sc2n[nH]c(C(C)(C)C)n2)no1. The highest BCUT2D eigenvalue weighted by Crippen LogP contribution is 2.24. The Balaban J connectivity index is 1.96. The summed E-state index contributed by atoms with van der Waals surface area (Å²) in [5, 5.41) is 13.7. The Kier molecular flexibility index (Phi) is 4.36. The van der Waals surface area contributed by atoms with E-state index in [9.17, 15) is 4.79 Å². The van der Waals surface area contributed by atoms with Crippen LogP contribution in [0.3, 0.4) is 0 Å². The highest BCUT2D eigenvalue weighted by atomic mass is 32.2. The van der Waals surface area contributed by atoms with Gasteiger partial charge in [-0.1, -0.05) is 37.7 Å². The Morgan fingerprint density at radius 3 is 2.71 bits per heavy atom. The first-order chi connectivity index (χ1) is 9.75. The molecule has 0 bridgehead atoms. The average Bonchev–Trinajstić information content (AvgIpc) is 2.98. The smallest absolute Gasteiger partial charge is 0.238 e. The van der Waals surface area contributed by atoms with E-state index in [0.29, 0.717) is 16.7 Å². The third-order valence-electron chi connectivity index (χ3n) is 2.71. The summed E-state index contributed by atoms with van der Waals surface area (Å²) in [5.74, 6) is 1.69. The highest BCUT2D eigenvalue weighted by Gasteiger charge is 2.22. The fraction of sp³-hybridized carbons (Fsp3) is 0.538. The lowest BCUT2D eigenvalue weighted by atomic mass is 9.96. The molecule has 0 aliphatic carbocycles. The molecule has 0 radical (unpaired) electrons. The minimum atomic E-state index is -0.342. The molecule has 1 unspecified atom stereocenters. The molecule has 0 saturated carbocycles. The molecule has 2 N–H and O–H groups in total. The van der Waals surface area contributed by atoms with E-state index in [2.05, 4.69) is 25.7 Å². The van der Waals surface area contributed by atoms with Crippen molar-refractivity contribution >= 4 is 23.5 Å². The number of amides is 1. The van der Waals surface area contributed by atoms with Crippen LogP contribution in [0.1, 0.15) is 39.3 Å². The van der Waals surface area contributed by atoms with Gasteiger partial charge in [-0.05, 0) is 13.8 Å². The lowest BCUT2D eigenvalue weighted by Crippen LogP contribution is -2.22. The minimum absolute atomic E-state index is 0.102. The Labute approximate surface area is 127 Å². The van der Waals surface area contributed by atoms with Crippen LogP contribution >= 0.6 is 11.8 Å². The van der Waals surface area contributed by atoms with Gasteiger partial charge >= 0.3 is 0 Å². The van der Waals surface area contributed by atoms with Gasteiger partial charge < -0.3 is 9.84 Å². The van der Waals surface area contributed by atoms with Crippen molar-refractivity contribution in [1.82, 2.24) is 20.3 Å². The number of aromatic nitrogens is 4. The molecular weight excluding hydrogens is 290 g/mol. The molecule has 2 heterocycles. The number of nitrogens with zero attached hydrogens (tertiary/aromatic N) is 3. The molecule has 0 fully saturated rings. The number of carbonyl (C=O) groups is 1. The zero-order valence-corrected chi connectivity index (χ0v) is 13.5. The standard InChI is InChI=1S/C13H19N5O2S/c1-7-6-9(18-20-7)14-10(19)8(2)21-12-15-11(16-17-12)13(3,4)5/h6,8H,1-5H3,(H,14,18,19)(H,15,16,17). The van der Waals surface area contributed by atoms with Crippen molar-refractivity contribution in [3.05, 3.63) is 17.7 Å². The fourth-order valence-corrected chi connectivity index (χ4v) is 2.22. The van der Waals surface area contributed by atoms with E-state index in [1.807, 2.05) is 20.8 Å². The van der Waals surface area contributed by atoms with Crippen molar-refractivity contribution in [2.75, 3.05) is 5.32 Å². The summed E-state index contributed by atoms with van der Waals surface area (Å²) in [5.41, 5.74) is -0.102. The second-order valence-electron chi connectivity index (χ2n) is 5.79. The number of anilines is 1. The average molecular weight is 309 g/mol. The molecule has 7 nitrogen and oxygen atoms in total. The third kappa shape index (κ3) is 4.07. The second-order valence-corrected chi connectivity index (χ2v) is 7.10. The van der Waals surface area contributed by atoms with Gasteiger partial charge in [0.05, 0.1) is 5.25 Å². The first kappa shape index (κ1) is 15.6. The summed E-state index contributed by atoms with van der Waals surface area (Å²) >= 11 is 1.29. The van der Waals surface area contributed by atoms with E-state index in [-0.39, 0.29) is 16.6 Å². The molecule has 2 aromatic rings. The molecule has 0 spiro atoms. The molecule has 0 aliphatic heterocycles. The third-order valence-corrected chi connectivity index (χ3v) is 3.67. The van der Waals surface area contributed by atoms with Crippen molar-refractivity contribution in [1.29, 1.82) is 0 Å². The van der Waals surface area contributed by atoms with E-state index in [1.54, 1.807) is 19.9 Å². The van der Waals surface area contributed by atoms with Gasteiger partial charge in [0.25, 0.3) is 0 Å². The predicted octanol–water partition coefficient (Wildman–Crippen LogP) is 2.52. The number of H-pyrrole nitrogens is 1. The summed E-state index contributed by atoms with van der Waals surface area (Å²) in [7, 11) is 0. The Morgan fingerprint density at radius 2 is 2.19 bits per heavy atom. The first-order valence-corrected chi connectivity index (χ1v) is 7.47. The van der Waals surface area contributed by atoms with Crippen LogP contribution in [0.4, 0.5) is 5.82 Å². The van der Waals surface area contributed by atoms with Crippen LogP contribution in [-0.4, -0.2) is 31.5 Å². The van der Waals surface area contributed by atoms with Crippen LogP contribution in [0.15, 0.2) is 15.7 Å². The molecule has 0 aliphatic rings. The van der Waals surface area contributed by atoms with Crippen LogP contribution in [0, 0.1) is 6.92 Å². The molecule has 2 rings (SSSR count). The molecule has 1 amide bonds. The number of hydrogen-bond donors (Lipinski definition) is 2. The zero-order valence-electron chi connectivity index (χ0n) is 12.7. The first-order valence-electron chi connectivity index (χ1n) is 6.59. The summed E-state index contributed by atoms with van der Waals surface area (Å²) in [6.45, 7) is 9.70. The molecule has 0 saturated heterocycles. The maximum absolute atomic E-state index is 12.1. The monoisotopic (exact) mass is 309 g/mol. The number of hydrogen-bond acceptors (Lipinski definition) is 6. The quantitative estimate of drug-likeness (QED) is 0.842. The maximum Gasteiger partial charge on any atom is 0.238 e. The normalized spacial score (nSPS) is 13.2. The highest BCUT2D eigenvalue weighted by molar-refractivity contribution is 8.00. The lowest BCUT2D eigenvalue weighted by molar-refractivity contribution is -0.115. The van der Waals surface area contributed by atoms with E-state index in [1.165, 1.54) is 11.8 Å². The lowest BCUT2D eigenvalue weighted by Gasteiger charge is -2.13. The Hall–Kier alpha value is -1.83. The van der Waals surface area contributed by atoms with Crippen LogP contribution in [-0.2, 0) is 10.2 Å². The van der Waals surface area contributed by atoms with E-state index < -0.39 is 0 Å². The van der Waals surface area contributed by atoms with Gasteiger partial charge in [0.2, 0.25) is 11.1 Å². The topological polar surface area (TPSA) is 96.7 Å². The minimum Gasteiger partial charge on any atom is -0.360 e. The molecule has 8 heteroatoms. The van der Waals surface area contributed by atoms with Crippen molar-refractivity contribution in [2.24, 2.45) is 0 Å². The van der Waals surface area contributed by atoms with Gasteiger partial charge in [0, 0.05) is 11.5 Å². The number of aryl methyl sites for hydroxylation is 1. The molecule has 21 heavy (non-hydrogen) atoms. The Bertz CT molecular complexity index is 629. The van der Waals surface area contributed by atoms with Crippen LogP contribution < -0.4 is 5.32 Å². The summed E-state index contributed by atoms with van der Waals surface area (Å²) in [4.78, 5) is 16.4. The van der Waals surface area contributed by atoms with Crippen LogP contribution in [0.25, 0.3) is 0 Å².